The number of rotatable bonds is 6. The van der Waals surface area contributed by atoms with Crippen LogP contribution in [0.2, 0.25) is 6.32 Å². The second-order valence-corrected chi connectivity index (χ2v) is 6.82. The van der Waals surface area contributed by atoms with E-state index in [1.165, 1.54) is 16.7 Å². The Balaban J connectivity index is 1.94. The predicted molar refractivity (Wildman–Crippen MR) is 111 cm³/mol. The van der Waals surface area contributed by atoms with E-state index in [4.69, 9.17) is 9.31 Å². The smallest absolute Gasteiger partial charge is 0.408 e. The normalized spacial score (nSPS) is 17.0. The van der Waals surface area contributed by atoms with Crippen molar-refractivity contribution in [2.75, 3.05) is 6.61 Å². The lowest BCUT2D eigenvalue weighted by Gasteiger charge is -2.40. The lowest BCUT2D eigenvalue weighted by Crippen LogP contribution is -2.44. The van der Waals surface area contributed by atoms with Gasteiger partial charge in [-0.05, 0) is 16.7 Å². The van der Waals surface area contributed by atoms with Crippen molar-refractivity contribution in [3.8, 4) is 0 Å². The first-order valence-electron chi connectivity index (χ1n) is 9.40. The number of allylic oxidation sites excluding steroid dienone is 1. The zero-order valence-corrected chi connectivity index (χ0v) is 15.3. The van der Waals surface area contributed by atoms with Crippen LogP contribution in [0.1, 0.15) is 16.7 Å². The molecule has 0 bridgehead atoms. The maximum absolute atomic E-state index is 6.44. The average molecular weight is 354 g/mol. The molecule has 0 radical (unpaired) electrons. The van der Waals surface area contributed by atoms with Crippen LogP contribution >= 0.6 is 0 Å². The van der Waals surface area contributed by atoms with Crippen molar-refractivity contribution in [1.29, 1.82) is 0 Å². The van der Waals surface area contributed by atoms with Gasteiger partial charge in [0, 0.05) is 6.32 Å². The van der Waals surface area contributed by atoms with Gasteiger partial charge in [-0.3, -0.25) is 0 Å². The monoisotopic (exact) mass is 354 g/mol. The Bertz CT molecular complexity index is 768. The Kier molecular flexibility index (Phi) is 5.24. The van der Waals surface area contributed by atoms with E-state index in [0.717, 1.165) is 0 Å². The van der Waals surface area contributed by atoms with E-state index < -0.39 is 5.41 Å². The largest absolute Gasteiger partial charge is 0.461 e. The van der Waals surface area contributed by atoms with Gasteiger partial charge in [-0.25, -0.2) is 0 Å². The lowest BCUT2D eigenvalue weighted by atomic mass is 9.65. The minimum absolute atomic E-state index is 0.130. The molecule has 1 atom stereocenters. The van der Waals surface area contributed by atoms with Crippen molar-refractivity contribution in [2.24, 2.45) is 0 Å². The summed E-state index contributed by atoms with van der Waals surface area (Å²) in [5.74, 6) is 0. The number of hydrogen-bond acceptors (Lipinski definition) is 2. The molecule has 0 spiro atoms. The molecule has 2 nitrogen and oxygen atoms in total. The first kappa shape index (κ1) is 17.8. The highest BCUT2D eigenvalue weighted by atomic mass is 16.6. The molecule has 1 fully saturated rings. The van der Waals surface area contributed by atoms with E-state index in [0.29, 0.717) is 12.9 Å². The van der Waals surface area contributed by atoms with Gasteiger partial charge in [0.1, 0.15) is 0 Å². The quantitative estimate of drug-likeness (QED) is 0.348. The molecule has 3 aromatic carbocycles. The molecule has 3 aromatic rings. The fourth-order valence-electron chi connectivity index (χ4n) is 4.10. The van der Waals surface area contributed by atoms with Crippen LogP contribution in [0.25, 0.3) is 0 Å². The molecular weight excluding hydrogens is 331 g/mol. The van der Waals surface area contributed by atoms with Crippen molar-refractivity contribution in [3.63, 3.8) is 0 Å². The molecule has 27 heavy (non-hydrogen) atoms. The highest BCUT2D eigenvalue weighted by Crippen LogP contribution is 2.45. The van der Waals surface area contributed by atoms with Crippen LogP contribution in [0.15, 0.2) is 104 Å². The average Bonchev–Trinajstić information content (AvgIpc) is 3.20. The van der Waals surface area contributed by atoms with E-state index in [9.17, 15) is 0 Å². The Morgan fingerprint density at radius 3 is 1.67 bits per heavy atom. The van der Waals surface area contributed by atoms with Crippen molar-refractivity contribution in [2.45, 2.75) is 17.8 Å². The minimum atomic E-state index is -0.445. The highest BCUT2D eigenvalue weighted by Gasteiger charge is 2.49. The van der Waals surface area contributed by atoms with E-state index in [-0.39, 0.29) is 13.2 Å². The summed E-state index contributed by atoms with van der Waals surface area (Å²) >= 11 is 0. The zero-order valence-electron chi connectivity index (χ0n) is 15.3. The van der Waals surface area contributed by atoms with Crippen LogP contribution in [0.4, 0.5) is 0 Å². The van der Waals surface area contributed by atoms with Gasteiger partial charge in [0.05, 0.1) is 18.1 Å². The summed E-state index contributed by atoms with van der Waals surface area (Å²) < 4.78 is 12.4. The van der Waals surface area contributed by atoms with E-state index >= 15 is 0 Å². The molecule has 1 heterocycles. The van der Waals surface area contributed by atoms with E-state index in [1.807, 2.05) is 6.08 Å². The van der Waals surface area contributed by atoms with Gasteiger partial charge in [-0.2, -0.15) is 0 Å². The summed E-state index contributed by atoms with van der Waals surface area (Å²) in [5.41, 5.74) is 3.17. The summed E-state index contributed by atoms with van der Waals surface area (Å²) in [7, 11) is -0.247. The van der Waals surface area contributed by atoms with Crippen LogP contribution in [-0.2, 0) is 14.7 Å². The maximum atomic E-state index is 6.44. The number of hydrogen-bond donors (Lipinski definition) is 0. The van der Waals surface area contributed by atoms with Gasteiger partial charge in [0.15, 0.2) is 0 Å². The van der Waals surface area contributed by atoms with Gasteiger partial charge >= 0.3 is 7.12 Å². The Morgan fingerprint density at radius 1 is 0.815 bits per heavy atom. The van der Waals surface area contributed by atoms with Crippen LogP contribution in [0.3, 0.4) is 0 Å². The van der Waals surface area contributed by atoms with Gasteiger partial charge in [-0.15, -0.1) is 6.58 Å². The molecule has 0 aromatic heterocycles. The molecule has 1 saturated heterocycles. The van der Waals surface area contributed by atoms with Crippen molar-refractivity contribution < 1.29 is 9.31 Å². The first-order chi connectivity index (χ1) is 13.4. The van der Waals surface area contributed by atoms with Crippen molar-refractivity contribution in [1.82, 2.24) is 0 Å². The minimum Gasteiger partial charge on any atom is -0.408 e. The van der Waals surface area contributed by atoms with Gasteiger partial charge < -0.3 is 9.31 Å². The molecule has 0 aliphatic carbocycles. The topological polar surface area (TPSA) is 18.5 Å². The summed E-state index contributed by atoms with van der Waals surface area (Å²) in [4.78, 5) is 0. The van der Waals surface area contributed by atoms with Crippen LogP contribution in [-0.4, -0.2) is 19.8 Å². The van der Waals surface area contributed by atoms with E-state index in [2.05, 4.69) is 97.6 Å². The summed E-state index contributed by atoms with van der Waals surface area (Å²) in [6.07, 6.45) is 2.40. The van der Waals surface area contributed by atoms with Crippen molar-refractivity contribution >= 4 is 7.12 Å². The van der Waals surface area contributed by atoms with Gasteiger partial charge in [0.25, 0.3) is 0 Å². The van der Waals surface area contributed by atoms with Gasteiger partial charge in [-0.1, -0.05) is 97.1 Å². The third-order valence-electron chi connectivity index (χ3n) is 5.28. The molecule has 134 valence electrons. The van der Waals surface area contributed by atoms with Crippen molar-refractivity contribution in [3.05, 3.63) is 120 Å². The molecule has 3 heteroatoms. The van der Waals surface area contributed by atoms with Crippen LogP contribution in [0, 0.1) is 0 Å². The predicted octanol–water partition coefficient (Wildman–Crippen LogP) is 5.11. The molecule has 1 aliphatic heterocycles. The second kappa shape index (κ2) is 7.95. The first-order valence-corrected chi connectivity index (χ1v) is 9.40. The van der Waals surface area contributed by atoms with Crippen LogP contribution in [0.5, 0.6) is 0 Å². The van der Waals surface area contributed by atoms with Gasteiger partial charge in [0.2, 0.25) is 0 Å². The number of benzene rings is 3. The summed E-state index contributed by atoms with van der Waals surface area (Å²) in [5, 5.41) is 0. The molecule has 1 aliphatic rings. The Hall–Kier alpha value is -2.62. The Morgan fingerprint density at radius 2 is 1.26 bits per heavy atom. The molecule has 4 rings (SSSR count). The standard InChI is InChI=1S/C24H23BO2/c1-2-18-25-26-19-23(27-25)24(20-12-6-3-7-13-20,21-14-8-4-9-15-21)22-16-10-5-11-17-22/h2-17,23H,1,18-19H2. The fourth-order valence-corrected chi connectivity index (χ4v) is 4.10. The third-order valence-corrected chi connectivity index (χ3v) is 5.28. The highest BCUT2D eigenvalue weighted by molar-refractivity contribution is 6.45. The molecule has 1 unspecified atom stereocenters. The zero-order chi connectivity index (χ0) is 18.5. The molecular formula is C24H23BO2. The summed E-state index contributed by atoms with van der Waals surface area (Å²) in [6.45, 7) is 4.36. The molecule has 0 amide bonds. The Labute approximate surface area is 161 Å². The molecule has 0 N–H and O–H groups in total. The SMILES string of the molecule is C=CCB1OCC(C(c2ccccc2)(c2ccccc2)c2ccccc2)O1. The fraction of sp³-hybridized carbons (Fsp3) is 0.167. The van der Waals surface area contributed by atoms with Crippen LogP contribution < -0.4 is 0 Å². The maximum Gasteiger partial charge on any atom is 0.461 e. The second-order valence-electron chi connectivity index (χ2n) is 6.82. The third kappa shape index (κ3) is 3.25. The van der Waals surface area contributed by atoms with E-state index in [1.54, 1.807) is 0 Å². The lowest BCUT2D eigenvalue weighted by molar-refractivity contribution is 0.172. The molecule has 0 saturated carbocycles. The summed E-state index contributed by atoms with van der Waals surface area (Å²) in [6, 6.07) is 31.8.